The lowest BCUT2D eigenvalue weighted by Gasteiger charge is -2.32. The lowest BCUT2D eigenvalue weighted by molar-refractivity contribution is -0.0496. The summed E-state index contributed by atoms with van der Waals surface area (Å²) >= 11 is 0. The van der Waals surface area contributed by atoms with Crippen molar-refractivity contribution in [3.8, 4) is 0 Å². The summed E-state index contributed by atoms with van der Waals surface area (Å²) < 4.78 is 61.3. The number of hydrogen-bond donors (Lipinski definition) is 1. The van der Waals surface area contributed by atoms with E-state index in [1.165, 1.54) is 0 Å². The molecule has 0 atom stereocenters. The summed E-state index contributed by atoms with van der Waals surface area (Å²) in [6, 6.07) is 9.78. The van der Waals surface area contributed by atoms with E-state index in [1.807, 2.05) is 49.3 Å². The van der Waals surface area contributed by atoms with Crippen molar-refractivity contribution in [3.05, 3.63) is 35.9 Å². The maximum Gasteiger partial charge on any atom is 0.511 e. The summed E-state index contributed by atoms with van der Waals surface area (Å²) in [5, 5.41) is 3.23. The fourth-order valence-corrected chi connectivity index (χ4v) is 3.83. The molecule has 0 radical (unpaired) electrons. The molecule has 1 saturated heterocycles. The standard InChI is InChI=1S/C17H25F3N4O2S/c1-23(2)16(21-12-14-6-4-3-5-7-14)22-13-15-8-10-24(11-9-15)27(25,26)17(18,19)20/h3-7,15H,8-13H2,1-2H3,(H,21,22). The molecule has 1 heterocycles. The Balaban J connectivity index is 1.87. The molecule has 1 aliphatic heterocycles. The van der Waals surface area contributed by atoms with Crippen molar-refractivity contribution in [2.24, 2.45) is 10.9 Å². The number of guanidine groups is 1. The Bertz CT molecular complexity index is 728. The van der Waals surface area contributed by atoms with E-state index in [0.29, 0.717) is 36.2 Å². The highest BCUT2D eigenvalue weighted by Gasteiger charge is 2.50. The van der Waals surface area contributed by atoms with Crippen LogP contribution in [0.15, 0.2) is 35.3 Å². The molecule has 6 nitrogen and oxygen atoms in total. The second kappa shape index (κ2) is 8.92. The van der Waals surface area contributed by atoms with Crippen LogP contribution >= 0.6 is 0 Å². The van der Waals surface area contributed by atoms with E-state index in [9.17, 15) is 21.6 Å². The predicted octanol–water partition coefficient (Wildman–Crippen LogP) is 2.26. The van der Waals surface area contributed by atoms with Gasteiger partial charge in [-0.1, -0.05) is 30.3 Å². The third-order valence-corrected chi connectivity index (χ3v) is 6.06. The summed E-state index contributed by atoms with van der Waals surface area (Å²) in [5.74, 6) is 0.774. The number of benzene rings is 1. The number of alkyl halides is 3. The fourth-order valence-electron chi connectivity index (χ4n) is 2.84. The summed E-state index contributed by atoms with van der Waals surface area (Å²) in [6.45, 7) is 0.814. The number of rotatable bonds is 5. The van der Waals surface area contributed by atoms with Crippen LogP contribution in [-0.4, -0.2) is 62.8 Å². The molecule has 1 aliphatic rings. The molecule has 1 N–H and O–H groups in total. The van der Waals surface area contributed by atoms with Crippen LogP contribution in [-0.2, 0) is 16.6 Å². The Morgan fingerprint density at radius 2 is 1.81 bits per heavy atom. The van der Waals surface area contributed by atoms with Gasteiger partial charge in [0.15, 0.2) is 5.96 Å². The molecule has 0 unspecified atom stereocenters. The van der Waals surface area contributed by atoms with Gasteiger partial charge in [0.2, 0.25) is 0 Å². The Kier molecular flexibility index (Phi) is 7.10. The van der Waals surface area contributed by atoms with Crippen LogP contribution in [0.2, 0.25) is 0 Å². The zero-order valence-electron chi connectivity index (χ0n) is 15.4. The van der Waals surface area contributed by atoms with Crippen molar-refractivity contribution in [1.82, 2.24) is 14.5 Å². The number of aliphatic imine (C=N–C) groups is 1. The normalized spacial score (nSPS) is 17.7. The minimum absolute atomic E-state index is 0.0894. The molecule has 1 aromatic carbocycles. The largest absolute Gasteiger partial charge is 0.511 e. The number of nitrogens with zero attached hydrogens (tertiary/aromatic N) is 3. The molecule has 0 aromatic heterocycles. The third kappa shape index (κ3) is 5.83. The van der Waals surface area contributed by atoms with Gasteiger partial charge in [0.1, 0.15) is 0 Å². The average Bonchev–Trinajstić information content (AvgIpc) is 2.61. The SMILES string of the molecule is CN(C)C(=NCc1ccccc1)NCC1CCN(S(=O)(=O)C(F)(F)F)CC1. The van der Waals surface area contributed by atoms with Crippen LogP contribution in [0.25, 0.3) is 0 Å². The maximum absolute atomic E-state index is 12.6. The first-order valence-electron chi connectivity index (χ1n) is 8.67. The summed E-state index contributed by atoms with van der Waals surface area (Å²) in [5.41, 5.74) is -4.16. The van der Waals surface area contributed by atoms with Gasteiger partial charge in [0.05, 0.1) is 6.54 Å². The van der Waals surface area contributed by atoms with Gasteiger partial charge < -0.3 is 10.2 Å². The number of nitrogens with one attached hydrogen (secondary N) is 1. The Hall–Kier alpha value is -1.81. The first-order valence-corrected chi connectivity index (χ1v) is 10.1. The van der Waals surface area contributed by atoms with Crippen LogP contribution in [0.5, 0.6) is 0 Å². The Morgan fingerprint density at radius 1 is 1.22 bits per heavy atom. The second-order valence-corrected chi connectivity index (χ2v) is 8.62. The van der Waals surface area contributed by atoms with Gasteiger partial charge >= 0.3 is 15.5 Å². The molecule has 1 fully saturated rings. The van der Waals surface area contributed by atoms with E-state index in [1.54, 1.807) is 0 Å². The summed E-state index contributed by atoms with van der Waals surface area (Å²) in [7, 11) is -1.51. The van der Waals surface area contributed by atoms with E-state index in [2.05, 4.69) is 10.3 Å². The number of sulfonamides is 1. The minimum Gasteiger partial charge on any atom is -0.356 e. The second-order valence-electron chi connectivity index (χ2n) is 6.69. The van der Waals surface area contributed by atoms with Crippen molar-refractivity contribution in [1.29, 1.82) is 0 Å². The van der Waals surface area contributed by atoms with Gasteiger partial charge in [-0.2, -0.15) is 17.5 Å². The van der Waals surface area contributed by atoms with Gasteiger partial charge in [0.25, 0.3) is 0 Å². The summed E-state index contributed by atoms with van der Waals surface area (Å²) in [6.07, 6.45) is 0.753. The van der Waals surface area contributed by atoms with Crippen molar-refractivity contribution in [3.63, 3.8) is 0 Å². The quantitative estimate of drug-likeness (QED) is 0.602. The van der Waals surface area contributed by atoms with E-state index >= 15 is 0 Å². The highest BCUT2D eigenvalue weighted by Crippen LogP contribution is 2.30. The molecule has 10 heteroatoms. The van der Waals surface area contributed by atoms with E-state index in [-0.39, 0.29) is 19.0 Å². The van der Waals surface area contributed by atoms with Gasteiger partial charge in [-0.15, -0.1) is 0 Å². The predicted molar refractivity (Wildman–Crippen MR) is 98.5 cm³/mol. The van der Waals surface area contributed by atoms with Crippen LogP contribution in [0, 0.1) is 5.92 Å². The van der Waals surface area contributed by atoms with E-state index in [0.717, 1.165) is 5.56 Å². The number of hydrogen-bond acceptors (Lipinski definition) is 3. The zero-order valence-corrected chi connectivity index (χ0v) is 16.2. The molecular weight excluding hydrogens is 381 g/mol. The Labute approximate surface area is 158 Å². The van der Waals surface area contributed by atoms with Crippen molar-refractivity contribution < 1.29 is 21.6 Å². The van der Waals surface area contributed by atoms with Crippen LogP contribution < -0.4 is 5.32 Å². The van der Waals surface area contributed by atoms with E-state index < -0.39 is 15.5 Å². The van der Waals surface area contributed by atoms with Gasteiger partial charge in [-0.05, 0) is 24.3 Å². The van der Waals surface area contributed by atoms with Crippen molar-refractivity contribution >= 4 is 16.0 Å². The van der Waals surface area contributed by atoms with Gasteiger partial charge in [-0.3, -0.25) is 0 Å². The van der Waals surface area contributed by atoms with Crippen LogP contribution in [0.3, 0.4) is 0 Å². The van der Waals surface area contributed by atoms with Gasteiger partial charge in [0, 0.05) is 33.7 Å². The zero-order chi connectivity index (χ0) is 20.1. The van der Waals surface area contributed by atoms with Crippen LogP contribution in [0.1, 0.15) is 18.4 Å². The lowest BCUT2D eigenvalue weighted by Crippen LogP contribution is -2.47. The molecule has 0 spiro atoms. The maximum atomic E-state index is 12.6. The summed E-state index contributed by atoms with van der Waals surface area (Å²) in [4.78, 5) is 6.38. The van der Waals surface area contributed by atoms with Crippen molar-refractivity contribution in [2.75, 3.05) is 33.7 Å². The van der Waals surface area contributed by atoms with Crippen molar-refractivity contribution in [2.45, 2.75) is 24.9 Å². The first kappa shape index (κ1) is 21.5. The highest BCUT2D eigenvalue weighted by atomic mass is 32.2. The molecule has 0 amide bonds. The molecule has 0 bridgehead atoms. The smallest absolute Gasteiger partial charge is 0.356 e. The van der Waals surface area contributed by atoms with Gasteiger partial charge in [-0.25, -0.2) is 13.4 Å². The van der Waals surface area contributed by atoms with Crippen LogP contribution in [0.4, 0.5) is 13.2 Å². The number of halogens is 3. The highest BCUT2D eigenvalue weighted by molar-refractivity contribution is 7.90. The molecule has 0 aliphatic carbocycles. The molecule has 152 valence electrons. The Morgan fingerprint density at radius 3 is 2.33 bits per heavy atom. The topological polar surface area (TPSA) is 65.0 Å². The van der Waals surface area contributed by atoms with E-state index in [4.69, 9.17) is 0 Å². The lowest BCUT2D eigenvalue weighted by atomic mass is 9.98. The third-order valence-electron chi connectivity index (χ3n) is 4.43. The molecule has 1 aromatic rings. The molecule has 0 saturated carbocycles. The fraction of sp³-hybridized carbons (Fsp3) is 0.588. The first-order chi connectivity index (χ1) is 12.6. The average molecular weight is 406 g/mol. The molecule has 27 heavy (non-hydrogen) atoms. The monoisotopic (exact) mass is 406 g/mol. The number of piperidine rings is 1. The molecule has 2 rings (SSSR count). The molecular formula is C17H25F3N4O2S. The minimum atomic E-state index is -5.24.